The van der Waals surface area contributed by atoms with Gasteiger partial charge >= 0.3 is 0 Å². The molecule has 45 heavy (non-hydrogen) atoms. The highest BCUT2D eigenvalue weighted by Gasteiger charge is 2.43. The summed E-state index contributed by atoms with van der Waals surface area (Å²) < 4.78 is 0. The summed E-state index contributed by atoms with van der Waals surface area (Å²) >= 11 is 0. The molecule has 4 rings (SSSR count). The number of carbonyl (C=O) groups excluding carboxylic acids is 3. The number of rotatable bonds is 11. The number of benzene rings is 3. The van der Waals surface area contributed by atoms with Gasteiger partial charge < -0.3 is 20.9 Å². The number of piperidine rings is 1. The summed E-state index contributed by atoms with van der Waals surface area (Å²) in [6.45, 7) is 6.64. The van der Waals surface area contributed by atoms with Gasteiger partial charge in [0.25, 0.3) is 0 Å². The van der Waals surface area contributed by atoms with E-state index in [1.807, 2.05) is 86.3 Å². The van der Waals surface area contributed by atoms with Crippen molar-refractivity contribution in [3.05, 3.63) is 108 Å². The van der Waals surface area contributed by atoms with Crippen LogP contribution in [0.25, 0.3) is 11.1 Å². The molecule has 1 fully saturated rings. The first kappa shape index (κ1) is 33.7. The Morgan fingerprint density at radius 3 is 2.02 bits per heavy atom. The fraction of sp³-hybridized carbons (Fsp3) is 0.395. The molecule has 1 atom stereocenters. The van der Waals surface area contributed by atoms with Crippen LogP contribution in [0.4, 0.5) is 0 Å². The molecule has 0 unspecified atom stereocenters. The van der Waals surface area contributed by atoms with Gasteiger partial charge in [0, 0.05) is 45.2 Å². The lowest BCUT2D eigenvalue weighted by Crippen LogP contribution is -2.55. The van der Waals surface area contributed by atoms with Gasteiger partial charge in [-0.1, -0.05) is 90.5 Å². The second kappa shape index (κ2) is 14.7. The molecule has 0 aliphatic carbocycles. The Bertz CT molecular complexity index is 1470. The fourth-order valence-electron chi connectivity index (χ4n) is 6.41. The van der Waals surface area contributed by atoms with Crippen molar-refractivity contribution in [3.8, 4) is 11.1 Å². The quantitative estimate of drug-likeness (QED) is 0.285. The van der Waals surface area contributed by atoms with E-state index in [9.17, 15) is 14.4 Å². The normalized spacial score (nSPS) is 15.7. The Labute approximate surface area is 268 Å². The zero-order chi connectivity index (χ0) is 32.6. The molecule has 0 radical (unpaired) electrons. The van der Waals surface area contributed by atoms with E-state index < -0.39 is 17.0 Å². The number of nitrogens with one attached hydrogen (secondary N) is 1. The molecule has 1 aliphatic heterocycles. The third-order valence-electron chi connectivity index (χ3n) is 8.82. The van der Waals surface area contributed by atoms with E-state index in [1.165, 1.54) is 0 Å². The third kappa shape index (κ3) is 8.92. The van der Waals surface area contributed by atoms with E-state index in [1.54, 1.807) is 25.1 Å². The van der Waals surface area contributed by atoms with E-state index in [4.69, 9.17) is 5.73 Å². The second-order valence-corrected chi connectivity index (χ2v) is 13.2. The number of nitrogens with two attached hydrogens (primary N) is 1. The van der Waals surface area contributed by atoms with Crippen molar-refractivity contribution in [2.75, 3.05) is 27.2 Å². The molecule has 0 bridgehead atoms. The second-order valence-electron chi connectivity index (χ2n) is 13.2. The maximum Gasteiger partial charge on any atom is 0.246 e. The Hall–Kier alpha value is -4.23. The molecule has 3 N–H and O–H groups in total. The highest BCUT2D eigenvalue weighted by atomic mass is 16.2. The van der Waals surface area contributed by atoms with Crippen LogP contribution in [-0.4, -0.2) is 66.3 Å². The molecular weight excluding hydrogens is 560 g/mol. The minimum Gasteiger partial charge on any atom is -0.359 e. The third-order valence-corrected chi connectivity index (χ3v) is 8.82. The van der Waals surface area contributed by atoms with Gasteiger partial charge in [0.1, 0.15) is 6.04 Å². The van der Waals surface area contributed by atoms with Crippen molar-refractivity contribution in [2.24, 2.45) is 11.1 Å². The molecule has 7 nitrogen and oxygen atoms in total. The molecule has 3 aromatic carbocycles. The lowest BCUT2D eigenvalue weighted by atomic mass is 9.73. The van der Waals surface area contributed by atoms with Gasteiger partial charge in [0.05, 0.1) is 5.41 Å². The minimum absolute atomic E-state index is 0.00393. The van der Waals surface area contributed by atoms with E-state index in [2.05, 4.69) is 29.6 Å². The highest BCUT2D eigenvalue weighted by Crippen LogP contribution is 2.36. The molecule has 3 amide bonds. The van der Waals surface area contributed by atoms with Gasteiger partial charge in [0.15, 0.2) is 0 Å². The largest absolute Gasteiger partial charge is 0.359 e. The van der Waals surface area contributed by atoms with Crippen molar-refractivity contribution in [2.45, 2.75) is 64.5 Å². The molecule has 238 valence electrons. The number of likely N-dealkylation sites (N-methyl/N-ethyl adjacent to an activating group) is 1. The Kier molecular flexibility index (Phi) is 11.0. The minimum atomic E-state index is -0.698. The predicted molar refractivity (Wildman–Crippen MR) is 181 cm³/mol. The average Bonchev–Trinajstić information content (AvgIpc) is 3.03. The smallest absolute Gasteiger partial charge is 0.246 e. The summed E-state index contributed by atoms with van der Waals surface area (Å²) in [5, 5.41) is 2.87. The summed E-state index contributed by atoms with van der Waals surface area (Å²) in [7, 11) is 3.38. The standard InChI is InChI=1S/C38H48N4O3/c1-28(26-37(2,3)39)24-34(43)41(5)33(25-29-16-18-32(19-17-29)31-14-10-7-11-15-31)35(44)42-22-20-38(21-23-42,36(45)40-4)27-30-12-8-6-9-13-30/h6-19,24,33H,20-23,25-27,39H2,1-5H3,(H,40,45)/t33-/m1/s1. The number of likely N-dealkylation sites (tertiary alicyclic amines) is 1. The Morgan fingerprint density at radius 2 is 1.47 bits per heavy atom. The van der Waals surface area contributed by atoms with Gasteiger partial charge in [-0.2, -0.15) is 0 Å². The first-order valence-corrected chi connectivity index (χ1v) is 15.8. The molecule has 1 heterocycles. The van der Waals surface area contributed by atoms with Gasteiger partial charge in [0.2, 0.25) is 17.7 Å². The Balaban J connectivity index is 1.56. The van der Waals surface area contributed by atoms with Gasteiger partial charge in [-0.05, 0) is 68.7 Å². The summed E-state index contributed by atoms with van der Waals surface area (Å²) in [5.74, 6) is -0.325. The van der Waals surface area contributed by atoms with E-state index in [0.29, 0.717) is 45.2 Å². The van der Waals surface area contributed by atoms with Crippen LogP contribution >= 0.6 is 0 Å². The van der Waals surface area contributed by atoms with Crippen molar-refractivity contribution >= 4 is 17.7 Å². The predicted octanol–water partition coefficient (Wildman–Crippen LogP) is 5.39. The molecule has 0 aromatic heterocycles. The zero-order valence-electron chi connectivity index (χ0n) is 27.4. The number of nitrogens with zero attached hydrogens (tertiary/aromatic N) is 2. The van der Waals surface area contributed by atoms with Crippen molar-refractivity contribution < 1.29 is 14.4 Å². The lowest BCUT2D eigenvalue weighted by Gasteiger charge is -2.42. The molecular formula is C38H48N4O3. The fourth-order valence-corrected chi connectivity index (χ4v) is 6.41. The lowest BCUT2D eigenvalue weighted by molar-refractivity contribution is -0.146. The molecule has 7 heteroatoms. The maximum absolute atomic E-state index is 14.3. The van der Waals surface area contributed by atoms with E-state index in [-0.39, 0.29) is 17.7 Å². The van der Waals surface area contributed by atoms with Crippen LogP contribution < -0.4 is 11.1 Å². The van der Waals surface area contributed by atoms with Gasteiger partial charge in [-0.25, -0.2) is 0 Å². The van der Waals surface area contributed by atoms with Crippen LogP contribution in [0.3, 0.4) is 0 Å². The molecule has 1 saturated heterocycles. The van der Waals surface area contributed by atoms with Crippen LogP contribution in [0.5, 0.6) is 0 Å². The van der Waals surface area contributed by atoms with E-state index >= 15 is 0 Å². The van der Waals surface area contributed by atoms with Crippen molar-refractivity contribution in [3.63, 3.8) is 0 Å². The number of amides is 3. The monoisotopic (exact) mass is 608 g/mol. The maximum atomic E-state index is 14.3. The average molecular weight is 609 g/mol. The molecule has 3 aromatic rings. The summed E-state index contributed by atoms with van der Waals surface area (Å²) in [5.41, 5.74) is 10.3. The van der Waals surface area contributed by atoms with Crippen LogP contribution in [-0.2, 0) is 27.2 Å². The van der Waals surface area contributed by atoms with E-state index in [0.717, 1.165) is 27.8 Å². The van der Waals surface area contributed by atoms with Crippen molar-refractivity contribution in [1.29, 1.82) is 0 Å². The van der Waals surface area contributed by atoms with Crippen molar-refractivity contribution in [1.82, 2.24) is 15.1 Å². The molecule has 1 aliphatic rings. The first-order valence-electron chi connectivity index (χ1n) is 15.8. The SMILES string of the molecule is CNC(=O)C1(Cc2ccccc2)CCN(C(=O)[C@@H](Cc2ccc(-c3ccccc3)cc2)N(C)C(=O)C=C(C)CC(C)(C)N)CC1. The summed E-state index contributed by atoms with van der Waals surface area (Å²) in [4.78, 5) is 44.4. The van der Waals surface area contributed by atoms with Crippen LogP contribution in [0.2, 0.25) is 0 Å². The van der Waals surface area contributed by atoms with Gasteiger partial charge in [-0.3, -0.25) is 14.4 Å². The number of carbonyl (C=O) groups is 3. The zero-order valence-corrected chi connectivity index (χ0v) is 27.4. The van der Waals surface area contributed by atoms with Crippen LogP contribution in [0.15, 0.2) is 96.6 Å². The molecule has 0 spiro atoms. The summed E-state index contributed by atoms with van der Waals surface area (Å²) in [6, 6.07) is 27.7. The first-order chi connectivity index (χ1) is 21.4. The number of hydrogen-bond donors (Lipinski definition) is 2. The van der Waals surface area contributed by atoms with Gasteiger partial charge in [-0.15, -0.1) is 0 Å². The molecule has 0 saturated carbocycles. The van der Waals surface area contributed by atoms with Crippen LogP contribution in [0.1, 0.15) is 51.2 Å². The Morgan fingerprint density at radius 1 is 0.911 bits per heavy atom. The topological polar surface area (TPSA) is 95.7 Å². The number of hydrogen-bond acceptors (Lipinski definition) is 4. The highest BCUT2D eigenvalue weighted by molar-refractivity contribution is 5.93. The van der Waals surface area contributed by atoms with Crippen LogP contribution in [0, 0.1) is 5.41 Å². The summed E-state index contributed by atoms with van der Waals surface area (Å²) in [6.07, 6.45) is 4.27.